The molecule has 0 aliphatic heterocycles. The Bertz CT molecular complexity index is 469. The molecule has 1 aromatic carbocycles. The molecule has 116 valence electrons. The first kappa shape index (κ1) is 17.0. The molecule has 0 bridgehead atoms. The molecule has 0 heterocycles. The number of nitrogens with one attached hydrogen (secondary N) is 2. The van der Waals surface area contributed by atoms with Gasteiger partial charge in [0.1, 0.15) is 0 Å². The number of nitrogens with two attached hydrogens (primary N) is 1. The van der Waals surface area contributed by atoms with Crippen LogP contribution in [0.25, 0.3) is 0 Å². The van der Waals surface area contributed by atoms with Gasteiger partial charge in [0.05, 0.1) is 0 Å². The fourth-order valence-corrected chi connectivity index (χ4v) is 1.93. The summed E-state index contributed by atoms with van der Waals surface area (Å²) in [6, 6.07) is 6.73. The topological polar surface area (TPSA) is 84.2 Å². The Kier molecular flexibility index (Phi) is 6.72. The number of hydrogen-bond donors (Lipinski definition) is 3. The summed E-state index contributed by atoms with van der Waals surface area (Å²) in [6.45, 7) is 6.73. The highest BCUT2D eigenvalue weighted by atomic mass is 16.2. The van der Waals surface area contributed by atoms with Crippen LogP contribution in [0, 0.1) is 5.92 Å². The zero-order valence-electron chi connectivity index (χ0n) is 13.0. The van der Waals surface area contributed by atoms with Gasteiger partial charge in [-0.05, 0) is 43.4 Å². The predicted molar refractivity (Wildman–Crippen MR) is 83.9 cm³/mol. The van der Waals surface area contributed by atoms with Crippen LogP contribution in [0.1, 0.15) is 49.5 Å². The average Bonchev–Trinajstić information content (AvgIpc) is 2.43. The molecule has 0 fully saturated rings. The molecule has 1 atom stereocenters. The molecule has 0 unspecified atom stereocenters. The molecule has 0 aliphatic rings. The number of rotatable bonds is 7. The molecule has 0 saturated carbocycles. The lowest BCUT2D eigenvalue weighted by molar-refractivity contribution is 0.0937. The van der Waals surface area contributed by atoms with E-state index in [9.17, 15) is 9.59 Å². The molecule has 0 radical (unpaired) electrons. The van der Waals surface area contributed by atoms with Crippen LogP contribution >= 0.6 is 0 Å². The molecule has 4 N–H and O–H groups in total. The Morgan fingerprint density at radius 3 is 2.24 bits per heavy atom. The minimum atomic E-state index is -0.559. The SMILES string of the molecule is CC(C)CC[C@@H](C)NC(=O)c1ccc(CNC(N)=O)cc1. The molecular weight excluding hydrogens is 266 g/mol. The Hall–Kier alpha value is -2.04. The Morgan fingerprint density at radius 1 is 1.10 bits per heavy atom. The van der Waals surface area contributed by atoms with Gasteiger partial charge in [-0.3, -0.25) is 4.79 Å². The number of carbonyl (C=O) groups is 2. The van der Waals surface area contributed by atoms with Crippen LogP contribution in [0.4, 0.5) is 4.79 Å². The molecular formula is C16H25N3O2. The van der Waals surface area contributed by atoms with Gasteiger partial charge in [-0.1, -0.05) is 26.0 Å². The lowest BCUT2D eigenvalue weighted by Crippen LogP contribution is -2.32. The summed E-state index contributed by atoms with van der Waals surface area (Å²) in [7, 11) is 0. The number of benzene rings is 1. The van der Waals surface area contributed by atoms with Crippen LogP contribution < -0.4 is 16.4 Å². The highest BCUT2D eigenvalue weighted by Crippen LogP contribution is 2.08. The van der Waals surface area contributed by atoms with Crippen molar-refractivity contribution in [1.29, 1.82) is 0 Å². The minimum absolute atomic E-state index is 0.0688. The molecule has 1 rings (SSSR count). The highest BCUT2D eigenvalue weighted by Gasteiger charge is 2.10. The minimum Gasteiger partial charge on any atom is -0.352 e. The number of hydrogen-bond acceptors (Lipinski definition) is 2. The third-order valence-electron chi connectivity index (χ3n) is 3.24. The Labute approximate surface area is 126 Å². The molecule has 5 nitrogen and oxygen atoms in total. The average molecular weight is 291 g/mol. The summed E-state index contributed by atoms with van der Waals surface area (Å²) < 4.78 is 0. The van der Waals surface area contributed by atoms with E-state index in [2.05, 4.69) is 24.5 Å². The van der Waals surface area contributed by atoms with E-state index < -0.39 is 6.03 Å². The van der Waals surface area contributed by atoms with E-state index in [4.69, 9.17) is 5.73 Å². The fourth-order valence-electron chi connectivity index (χ4n) is 1.93. The number of carbonyl (C=O) groups excluding carboxylic acids is 2. The van der Waals surface area contributed by atoms with E-state index in [1.807, 2.05) is 19.1 Å². The monoisotopic (exact) mass is 291 g/mol. The summed E-state index contributed by atoms with van der Waals surface area (Å²) in [5.41, 5.74) is 6.53. The van der Waals surface area contributed by atoms with E-state index in [0.29, 0.717) is 18.0 Å². The summed E-state index contributed by atoms with van der Waals surface area (Å²) in [6.07, 6.45) is 2.07. The zero-order valence-corrected chi connectivity index (χ0v) is 13.0. The van der Waals surface area contributed by atoms with Gasteiger partial charge < -0.3 is 16.4 Å². The maximum atomic E-state index is 12.1. The van der Waals surface area contributed by atoms with Gasteiger partial charge in [0.15, 0.2) is 0 Å². The molecule has 1 aromatic rings. The van der Waals surface area contributed by atoms with Crippen LogP contribution in [0.3, 0.4) is 0 Å². The van der Waals surface area contributed by atoms with Crippen molar-refractivity contribution in [2.24, 2.45) is 11.7 Å². The predicted octanol–water partition coefficient (Wildman–Crippen LogP) is 2.41. The van der Waals surface area contributed by atoms with E-state index >= 15 is 0 Å². The summed E-state index contributed by atoms with van der Waals surface area (Å²) in [5.74, 6) is 0.571. The van der Waals surface area contributed by atoms with Gasteiger partial charge in [0.25, 0.3) is 5.91 Å². The van der Waals surface area contributed by atoms with Crippen LogP contribution in [0.15, 0.2) is 24.3 Å². The van der Waals surface area contributed by atoms with Crippen molar-refractivity contribution in [3.8, 4) is 0 Å². The molecule has 0 saturated heterocycles. The van der Waals surface area contributed by atoms with Crippen LogP contribution in [0.2, 0.25) is 0 Å². The maximum absolute atomic E-state index is 12.1. The molecule has 0 spiro atoms. The summed E-state index contributed by atoms with van der Waals surface area (Å²) in [4.78, 5) is 22.7. The van der Waals surface area contributed by atoms with E-state index in [1.165, 1.54) is 0 Å². The van der Waals surface area contributed by atoms with Gasteiger partial charge >= 0.3 is 6.03 Å². The largest absolute Gasteiger partial charge is 0.352 e. The third-order valence-corrected chi connectivity index (χ3v) is 3.24. The van der Waals surface area contributed by atoms with Gasteiger partial charge in [-0.15, -0.1) is 0 Å². The van der Waals surface area contributed by atoms with Gasteiger partial charge in [0.2, 0.25) is 0 Å². The smallest absolute Gasteiger partial charge is 0.312 e. The van der Waals surface area contributed by atoms with Gasteiger partial charge in [0, 0.05) is 18.2 Å². The van der Waals surface area contributed by atoms with Gasteiger partial charge in [-0.2, -0.15) is 0 Å². The van der Waals surface area contributed by atoms with Crippen molar-refractivity contribution in [3.63, 3.8) is 0 Å². The van der Waals surface area contributed by atoms with E-state index in [-0.39, 0.29) is 11.9 Å². The zero-order chi connectivity index (χ0) is 15.8. The van der Waals surface area contributed by atoms with E-state index in [0.717, 1.165) is 18.4 Å². The highest BCUT2D eigenvalue weighted by molar-refractivity contribution is 5.94. The second-order valence-corrected chi connectivity index (χ2v) is 5.76. The van der Waals surface area contributed by atoms with Crippen LogP contribution in [0.5, 0.6) is 0 Å². The fraction of sp³-hybridized carbons (Fsp3) is 0.500. The summed E-state index contributed by atoms with van der Waals surface area (Å²) in [5, 5.41) is 5.50. The van der Waals surface area contributed by atoms with Crippen molar-refractivity contribution in [1.82, 2.24) is 10.6 Å². The normalized spacial score (nSPS) is 12.0. The molecule has 21 heavy (non-hydrogen) atoms. The third kappa shape index (κ3) is 6.79. The molecule has 5 heteroatoms. The lowest BCUT2D eigenvalue weighted by atomic mass is 10.0. The Balaban J connectivity index is 2.49. The first-order valence-corrected chi connectivity index (χ1v) is 7.31. The standard InChI is InChI=1S/C16H25N3O2/c1-11(2)4-5-12(3)19-15(20)14-8-6-13(7-9-14)10-18-16(17)21/h6-9,11-12H,4-5,10H2,1-3H3,(H,19,20)(H3,17,18,21)/t12-/m1/s1. The van der Waals surface area contributed by atoms with Gasteiger partial charge in [-0.25, -0.2) is 4.79 Å². The van der Waals surface area contributed by atoms with Crippen molar-refractivity contribution in [2.75, 3.05) is 0 Å². The quantitative estimate of drug-likeness (QED) is 0.720. The van der Waals surface area contributed by atoms with Crippen LogP contribution in [-0.4, -0.2) is 18.0 Å². The van der Waals surface area contributed by atoms with Crippen molar-refractivity contribution >= 4 is 11.9 Å². The first-order chi connectivity index (χ1) is 9.88. The molecule has 0 aliphatic carbocycles. The lowest BCUT2D eigenvalue weighted by Gasteiger charge is -2.15. The number of urea groups is 1. The van der Waals surface area contributed by atoms with Crippen molar-refractivity contribution < 1.29 is 9.59 Å². The maximum Gasteiger partial charge on any atom is 0.312 e. The number of amides is 3. The summed E-state index contributed by atoms with van der Waals surface area (Å²) >= 11 is 0. The second kappa shape index (κ2) is 8.29. The molecule has 0 aromatic heterocycles. The van der Waals surface area contributed by atoms with Crippen LogP contribution in [-0.2, 0) is 6.54 Å². The number of primary amides is 1. The first-order valence-electron chi connectivity index (χ1n) is 7.31. The second-order valence-electron chi connectivity index (χ2n) is 5.76. The molecule has 3 amide bonds. The van der Waals surface area contributed by atoms with Crippen molar-refractivity contribution in [2.45, 2.75) is 46.2 Å². The van der Waals surface area contributed by atoms with Crippen molar-refractivity contribution in [3.05, 3.63) is 35.4 Å². The van der Waals surface area contributed by atoms with E-state index in [1.54, 1.807) is 12.1 Å². The Morgan fingerprint density at radius 2 is 1.71 bits per heavy atom.